The molecule has 0 radical (unpaired) electrons. The van der Waals surface area contributed by atoms with Crippen LogP contribution < -0.4 is 9.47 Å². The van der Waals surface area contributed by atoms with Crippen molar-refractivity contribution in [2.75, 3.05) is 27.6 Å². The first kappa shape index (κ1) is 11.2. The predicted molar refractivity (Wildman–Crippen MR) is 58.9 cm³/mol. The smallest absolute Gasteiger partial charge is 0.231 e. The molecule has 0 amide bonds. The van der Waals surface area contributed by atoms with Gasteiger partial charge in [-0.05, 0) is 17.7 Å². The minimum atomic E-state index is 0.0744. The molecule has 0 N–H and O–H groups in total. The number of fused-ring (bicyclic) bond motifs is 1. The van der Waals surface area contributed by atoms with E-state index in [4.69, 9.17) is 18.9 Å². The largest absolute Gasteiger partial charge is 0.454 e. The van der Waals surface area contributed by atoms with Crippen LogP contribution >= 0.6 is 0 Å². The highest BCUT2D eigenvalue weighted by molar-refractivity contribution is 5.44. The zero-order valence-electron chi connectivity index (χ0n) is 9.56. The van der Waals surface area contributed by atoms with Crippen LogP contribution in [0.4, 0.5) is 0 Å². The van der Waals surface area contributed by atoms with Crippen molar-refractivity contribution in [1.29, 1.82) is 0 Å². The normalized spacial score (nSPS) is 15.1. The van der Waals surface area contributed by atoms with E-state index in [1.54, 1.807) is 14.2 Å². The number of methoxy groups -OCH3 is 2. The van der Waals surface area contributed by atoms with Gasteiger partial charge in [0.25, 0.3) is 0 Å². The van der Waals surface area contributed by atoms with E-state index in [1.807, 2.05) is 18.2 Å². The van der Waals surface area contributed by atoms with Crippen molar-refractivity contribution in [3.8, 4) is 11.5 Å². The van der Waals surface area contributed by atoms with Crippen molar-refractivity contribution < 1.29 is 18.9 Å². The molecule has 0 fully saturated rings. The second-order valence-corrected chi connectivity index (χ2v) is 3.70. The standard InChI is InChI=1S/C12H16O4/c1-13-7-10(14-2)5-9-3-4-11-12(6-9)16-8-15-11/h3-4,6,10H,5,7-8H2,1-2H3. The highest BCUT2D eigenvalue weighted by Crippen LogP contribution is 2.32. The minimum absolute atomic E-state index is 0.0744. The molecule has 4 heteroatoms. The van der Waals surface area contributed by atoms with E-state index in [9.17, 15) is 0 Å². The summed E-state index contributed by atoms with van der Waals surface area (Å²) in [4.78, 5) is 0. The van der Waals surface area contributed by atoms with Crippen LogP contribution in [0.1, 0.15) is 5.56 Å². The van der Waals surface area contributed by atoms with Gasteiger partial charge in [0.15, 0.2) is 11.5 Å². The fourth-order valence-corrected chi connectivity index (χ4v) is 1.73. The lowest BCUT2D eigenvalue weighted by atomic mass is 10.1. The number of hydrogen-bond acceptors (Lipinski definition) is 4. The molecule has 1 heterocycles. The van der Waals surface area contributed by atoms with Gasteiger partial charge in [-0.1, -0.05) is 6.07 Å². The molecule has 1 aliphatic rings. The highest BCUT2D eigenvalue weighted by atomic mass is 16.7. The first-order chi connectivity index (χ1) is 7.83. The van der Waals surface area contributed by atoms with Crippen molar-refractivity contribution in [2.45, 2.75) is 12.5 Å². The Bertz CT molecular complexity index is 351. The van der Waals surface area contributed by atoms with Crippen LogP contribution in [0.15, 0.2) is 18.2 Å². The summed E-state index contributed by atoms with van der Waals surface area (Å²) in [6, 6.07) is 5.94. The molecule has 4 nitrogen and oxygen atoms in total. The third-order valence-corrected chi connectivity index (χ3v) is 2.59. The molecule has 88 valence electrons. The number of rotatable bonds is 5. The summed E-state index contributed by atoms with van der Waals surface area (Å²) in [7, 11) is 3.36. The van der Waals surface area contributed by atoms with Crippen molar-refractivity contribution in [3.63, 3.8) is 0 Å². The van der Waals surface area contributed by atoms with Gasteiger partial charge in [0.1, 0.15) is 0 Å². The second kappa shape index (κ2) is 5.18. The molecule has 1 unspecified atom stereocenters. The molecule has 1 aliphatic heterocycles. The molecule has 2 rings (SSSR count). The molecule has 0 bridgehead atoms. The third kappa shape index (κ3) is 2.46. The monoisotopic (exact) mass is 224 g/mol. The molecule has 0 saturated heterocycles. The Morgan fingerprint density at radius 1 is 1.25 bits per heavy atom. The Labute approximate surface area is 95.1 Å². The van der Waals surface area contributed by atoms with E-state index in [2.05, 4.69) is 0 Å². The summed E-state index contributed by atoms with van der Waals surface area (Å²) in [5.74, 6) is 1.62. The van der Waals surface area contributed by atoms with E-state index in [0.717, 1.165) is 23.5 Å². The van der Waals surface area contributed by atoms with Gasteiger partial charge in [0.2, 0.25) is 6.79 Å². The van der Waals surface area contributed by atoms with Crippen molar-refractivity contribution in [1.82, 2.24) is 0 Å². The van der Waals surface area contributed by atoms with Gasteiger partial charge in [-0.3, -0.25) is 0 Å². The molecular weight excluding hydrogens is 208 g/mol. The molecule has 0 spiro atoms. The third-order valence-electron chi connectivity index (χ3n) is 2.59. The number of benzene rings is 1. The van der Waals surface area contributed by atoms with Gasteiger partial charge in [-0.15, -0.1) is 0 Å². The maximum absolute atomic E-state index is 5.32. The first-order valence-electron chi connectivity index (χ1n) is 5.23. The second-order valence-electron chi connectivity index (χ2n) is 3.70. The topological polar surface area (TPSA) is 36.9 Å². The fraction of sp³-hybridized carbons (Fsp3) is 0.500. The van der Waals surface area contributed by atoms with E-state index < -0.39 is 0 Å². The lowest BCUT2D eigenvalue weighted by Crippen LogP contribution is -2.20. The van der Waals surface area contributed by atoms with Crippen LogP contribution in [0.5, 0.6) is 11.5 Å². The van der Waals surface area contributed by atoms with Crippen molar-refractivity contribution >= 4 is 0 Å². The summed E-state index contributed by atoms with van der Waals surface area (Å²) in [6.07, 6.45) is 0.881. The summed E-state index contributed by atoms with van der Waals surface area (Å²) < 4.78 is 21.0. The minimum Gasteiger partial charge on any atom is -0.454 e. The zero-order chi connectivity index (χ0) is 11.4. The lowest BCUT2D eigenvalue weighted by Gasteiger charge is -2.14. The van der Waals surface area contributed by atoms with E-state index >= 15 is 0 Å². The Balaban J connectivity index is 2.04. The summed E-state index contributed by atoms with van der Waals surface area (Å²) >= 11 is 0. The molecule has 1 aromatic carbocycles. The number of hydrogen-bond donors (Lipinski definition) is 0. The fourth-order valence-electron chi connectivity index (χ4n) is 1.73. The molecular formula is C12H16O4. The average molecular weight is 224 g/mol. The Kier molecular flexibility index (Phi) is 3.64. The molecule has 1 aromatic rings. The molecule has 0 saturated carbocycles. The quantitative estimate of drug-likeness (QED) is 0.761. The number of ether oxygens (including phenoxy) is 4. The van der Waals surface area contributed by atoms with Gasteiger partial charge in [0, 0.05) is 20.6 Å². The highest BCUT2D eigenvalue weighted by Gasteiger charge is 2.15. The first-order valence-corrected chi connectivity index (χ1v) is 5.23. The van der Waals surface area contributed by atoms with E-state index in [-0.39, 0.29) is 6.10 Å². The van der Waals surface area contributed by atoms with E-state index in [0.29, 0.717) is 13.4 Å². The average Bonchev–Trinajstić information content (AvgIpc) is 2.75. The maximum atomic E-state index is 5.32. The molecule has 16 heavy (non-hydrogen) atoms. The Morgan fingerprint density at radius 2 is 2.06 bits per heavy atom. The van der Waals surface area contributed by atoms with Gasteiger partial charge in [-0.2, -0.15) is 0 Å². The van der Waals surface area contributed by atoms with Crippen LogP contribution in [-0.2, 0) is 15.9 Å². The SMILES string of the molecule is COCC(Cc1ccc2c(c1)OCO2)OC. The summed E-state index contributed by atoms with van der Waals surface area (Å²) in [6.45, 7) is 0.898. The van der Waals surface area contributed by atoms with Crippen molar-refractivity contribution in [2.24, 2.45) is 0 Å². The summed E-state index contributed by atoms with van der Waals surface area (Å²) in [5, 5.41) is 0. The van der Waals surface area contributed by atoms with Gasteiger partial charge in [-0.25, -0.2) is 0 Å². The van der Waals surface area contributed by atoms with Crippen LogP contribution in [0.2, 0.25) is 0 Å². The Hall–Kier alpha value is -1.26. The predicted octanol–water partition coefficient (Wildman–Crippen LogP) is 1.62. The summed E-state index contributed by atoms with van der Waals surface area (Å²) in [5.41, 5.74) is 1.16. The van der Waals surface area contributed by atoms with Crippen LogP contribution in [0.25, 0.3) is 0 Å². The molecule has 0 aromatic heterocycles. The van der Waals surface area contributed by atoms with Gasteiger partial charge in [0.05, 0.1) is 12.7 Å². The Morgan fingerprint density at radius 3 is 2.81 bits per heavy atom. The van der Waals surface area contributed by atoms with Gasteiger partial charge < -0.3 is 18.9 Å². The van der Waals surface area contributed by atoms with Crippen LogP contribution in [0.3, 0.4) is 0 Å². The van der Waals surface area contributed by atoms with Crippen molar-refractivity contribution in [3.05, 3.63) is 23.8 Å². The van der Waals surface area contributed by atoms with Crippen LogP contribution in [-0.4, -0.2) is 33.7 Å². The van der Waals surface area contributed by atoms with Crippen LogP contribution in [0, 0.1) is 0 Å². The van der Waals surface area contributed by atoms with Gasteiger partial charge >= 0.3 is 0 Å². The molecule has 1 atom stereocenters. The zero-order valence-corrected chi connectivity index (χ0v) is 9.56. The van der Waals surface area contributed by atoms with E-state index in [1.165, 1.54) is 0 Å². The lowest BCUT2D eigenvalue weighted by molar-refractivity contribution is 0.0289. The maximum Gasteiger partial charge on any atom is 0.231 e. The molecule has 0 aliphatic carbocycles.